The van der Waals surface area contributed by atoms with Crippen molar-refractivity contribution in [2.75, 3.05) is 13.7 Å². The molecule has 4 nitrogen and oxygen atoms in total. The van der Waals surface area contributed by atoms with Gasteiger partial charge in [-0.05, 0) is 19.8 Å². The van der Waals surface area contributed by atoms with Gasteiger partial charge in [0.05, 0.1) is 24.5 Å². The molecule has 0 aliphatic carbocycles. The van der Waals surface area contributed by atoms with E-state index in [4.69, 9.17) is 21.1 Å². The quantitative estimate of drug-likeness (QED) is 0.749. The van der Waals surface area contributed by atoms with Crippen LogP contribution in [-0.2, 0) is 11.8 Å². The Bertz CT molecular complexity index is 378. The van der Waals surface area contributed by atoms with E-state index in [-0.39, 0.29) is 11.5 Å². The molecule has 2 rings (SSSR count). The van der Waals surface area contributed by atoms with Crippen LogP contribution in [0, 0.1) is 6.92 Å². The van der Waals surface area contributed by atoms with E-state index in [1.807, 2.05) is 14.0 Å². The van der Waals surface area contributed by atoms with Crippen LogP contribution in [-0.4, -0.2) is 28.9 Å². The summed E-state index contributed by atoms with van der Waals surface area (Å²) in [7, 11) is 3.53. The highest BCUT2D eigenvalue weighted by atomic mass is 35.5. The van der Waals surface area contributed by atoms with Crippen LogP contribution in [0.5, 0.6) is 5.88 Å². The number of methoxy groups -OCH3 is 1. The number of ether oxygens (including phenoxy) is 2. The third-order valence-corrected chi connectivity index (χ3v) is 3.35. The van der Waals surface area contributed by atoms with E-state index in [0.29, 0.717) is 6.61 Å². The highest BCUT2D eigenvalue weighted by Gasteiger charge is 2.29. The van der Waals surface area contributed by atoms with Crippen LogP contribution in [0.3, 0.4) is 0 Å². The van der Waals surface area contributed by atoms with Crippen LogP contribution in [0.15, 0.2) is 0 Å². The zero-order chi connectivity index (χ0) is 11.7. The molecule has 90 valence electrons. The van der Waals surface area contributed by atoms with Crippen molar-refractivity contribution in [3.63, 3.8) is 0 Å². The molecule has 2 unspecified atom stereocenters. The normalized spacial score (nSPS) is 25.8. The number of aromatic nitrogens is 2. The Morgan fingerprint density at radius 2 is 2.31 bits per heavy atom. The molecule has 0 bridgehead atoms. The van der Waals surface area contributed by atoms with E-state index in [9.17, 15) is 0 Å². The second-order valence-corrected chi connectivity index (χ2v) is 4.73. The number of halogens is 1. The first-order chi connectivity index (χ1) is 7.63. The lowest BCUT2D eigenvalue weighted by atomic mass is 10.0. The molecule has 5 heteroatoms. The number of alkyl halides is 1. The van der Waals surface area contributed by atoms with Crippen molar-refractivity contribution in [3.05, 3.63) is 11.3 Å². The molecular weight excluding hydrogens is 228 g/mol. The largest absolute Gasteiger partial charge is 0.481 e. The van der Waals surface area contributed by atoms with Gasteiger partial charge in [0.15, 0.2) is 0 Å². The van der Waals surface area contributed by atoms with Gasteiger partial charge in [0, 0.05) is 19.0 Å². The summed E-state index contributed by atoms with van der Waals surface area (Å²) in [6, 6.07) is 0. The molecular formula is C11H17ClN2O2. The van der Waals surface area contributed by atoms with Gasteiger partial charge in [-0.2, -0.15) is 5.10 Å². The molecule has 1 aromatic rings. The molecule has 0 aromatic carbocycles. The maximum atomic E-state index is 6.17. The number of aryl methyl sites for hydroxylation is 2. The predicted molar refractivity (Wildman–Crippen MR) is 62.1 cm³/mol. The summed E-state index contributed by atoms with van der Waals surface area (Å²) in [6.07, 6.45) is 1.75. The van der Waals surface area contributed by atoms with Crippen LogP contribution >= 0.6 is 11.6 Å². The summed E-state index contributed by atoms with van der Waals surface area (Å²) in [6.45, 7) is 2.68. The lowest BCUT2D eigenvalue weighted by molar-refractivity contribution is 0.0150. The number of rotatable bonds is 2. The van der Waals surface area contributed by atoms with Gasteiger partial charge >= 0.3 is 0 Å². The summed E-state index contributed by atoms with van der Waals surface area (Å²) >= 11 is 6.17. The van der Waals surface area contributed by atoms with E-state index >= 15 is 0 Å². The van der Waals surface area contributed by atoms with Crippen LogP contribution in [0.4, 0.5) is 0 Å². The molecule has 1 aromatic heterocycles. The average Bonchev–Trinajstić information content (AvgIpc) is 2.52. The van der Waals surface area contributed by atoms with Crippen molar-refractivity contribution in [2.24, 2.45) is 7.05 Å². The van der Waals surface area contributed by atoms with E-state index in [2.05, 4.69) is 5.10 Å². The van der Waals surface area contributed by atoms with Crippen molar-refractivity contribution in [1.82, 2.24) is 9.78 Å². The van der Waals surface area contributed by atoms with E-state index in [1.54, 1.807) is 11.8 Å². The lowest BCUT2D eigenvalue weighted by Crippen LogP contribution is -2.20. The van der Waals surface area contributed by atoms with Crippen LogP contribution in [0.1, 0.15) is 30.2 Å². The van der Waals surface area contributed by atoms with Gasteiger partial charge in [-0.3, -0.25) is 0 Å². The zero-order valence-electron chi connectivity index (χ0n) is 9.86. The molecule has 0 N–H and O–H groups in total. The van der Waals surface area contributed by atoms with E-state index < -0.39 is 0 Å². The summed E-state index contributed by atoms with van der Waals surface area (Å²) in [5, 5.41) is 4.53. The van der Waals surface area contributed by atoms with Crippen molar-refractivity contribution in [3.8, 4) is 5.88 Å². The molecule has 2 heterocycles. The Morgan fingerprint density at radius 3 is 2.94 bits per heavy atom. The summed E-state index contributed by atoms with van der Waals surface area (Å²) in [5.74, 6) is 0.772. The first-order valence-electron chi connectivity index (χ1n) is 5.46. The van der Waals surface area contributed by atoms with Crippen LogP contribution in [0.2, 0.25) is 0 Å². The highest BCUT2D eigenvalue weighted by molar-refractivity contribution is 6.20. The van der Waals surface area contributed by atoms with Gasteiger partial charge in [-0.15, -0.1) is 11.6 Å². The van der Waals surface area contributed by atoms with E-state index in [0.717, 1.165) is 30.0 Å². The fraction of sp³-hybridized carbons (Fsp3) is 0.727. The molecule has 16 heavy (non-hydrogen) atoms. The number of hydrogen-bond acceptors (Lipinski definition) is 3. The highest BCUT2D eigenvalue weighted by Crippen LogP contribution is 2.37. The monoisotopic (exact) mass is 244 g/mol. The molecule has 0 saturated carbocycles. The zero-order valence-corrected chi connectivity index (χ0v) is 10.6. The van der Waals surface area contributed by atoms with Crippen molar-refractivity contribution in [1.29, 1.82) is 0 Å². The topological polar surface area (TPSA) is 36.3 Å². The Morgan fingerprint density at radius 1 is 1.56 bits per heavy atom. The van der Waals surface area contributed by atoms with Gasteiger partial charge in [0.2, 0.25) is 5.88 Å². The minimum absolute atomic E-state index is 0.0138. The Balaban J connectivity index is 2.31. The third-order valence-electron chi connectivity index (χ3n) is 2.95. The molecule has 1 aliphatic heterocycles. The third kappa shape index (κ3) is 2.04. The maximum absolute atomic E-state index is 6.17. The van der Waals surface area contributed by atoms with Gasteiger partial charge in [-0.25, -0.2) is 4.68 Å². The van der Waals surface area contributed by atoms with Crippen molar-refractivity contribution < 1.29 is 9.47 Å². The molecule has 1 fully saturated rings. The van der Waals surface area contributed by atoms with Crippen LogP contribution in [0.25, 0.3) is 0 Å². The first kappa shape index (κ1) is 11.7. The van der Waals surface area contributed by atoms with Gasteiger partial charge in [0.25, 0.3) is 0 Å². The van der Waals surface area contributed by atoms with Crippen LogP contribution < -0.4 is 4.74 Å². The fourth-order valence-electron chi connectivity index (χ4n) is 2.22. The smallest absolute Gasteiger partial charge is 0.217 e. The second-order valence-electron chi connectivity index (χ2n) is 4.11. The first-order valence-corrected chi connectivity index (χ1v) is 5.90. The average molecular weight is 245 g/mol. The Labute approximate surface area is 100 Å². The Hall–Kier alpha value is -0.740. The maximum Gasteiger partial charge on any atom is 0.217 e. The van der Waals surface area contributed by atoms with Gasteiger partial charge < -0.3 is 9.47 Å². The number of hydrogen-bond donors (Lipinski definition) is 0. The fourth-order valence-corrected chi connectivity index (χ4v) is 2.47. The van der Waals surface area contributed by atoms with Gasteiger partial charge in [-0.1, -0.05) is 0 Å². The molecule has 0 spiro atoms. The predicted octanol–water partition coefficient (Wildman–Crippen LogP) is 2.20. The minimum Gasteiger partial charge on any atom is -0.481 e. The van der Waals surface area contributed by atoms with Crippen molar-refractivity contribution in [2.45, 2.75) is 31.2 Å². The van der Waals surface area contributed by atoms with E-state index in [1.165, 1.54) is 0 Å². The molecule has 0 radical (unpaired) electrons. The Kier molecular flexibility index (Phi) is 3.40. The SMILES string of the molecule is COc1c(C2CC(Cl)CCO2)c(C)nn1C. The molecule has 1 aliphatic rings. The number of nitrogens with zero attached hydrogens (tertiary/aromatic N) is 2. The summed E-state index contributed by atoms with van der Waals surface area (Å²) in [4.78, 5) is 0. The van der Waals surface area contributed by atoms with Gasteiger partial charge in [0.1, 0.15) is 0 Å². The summed E-state index contributed by atoms with van der Waals surface area (Å²) in [5.41, 5.74) is 1.99. The van der Waals surface area contributed by atoms with Crippen molar-refractivity contribution >= 4 is 11.6 Å². The lowest BCUT2D eigenvalue weighted by Gasteiger charge is -2.26. The standard InChI is InChI=1S/C11H17ClN2O2/c1-7-10(11(15-3)14(2)13-7)9-6-8(12)4-5-16-9/h8-9H,4-6H2,1-3H3. The summed E-state index contributed by atoms with van der Waals surface area (Å²) < 4.78 is 12.9. The molecule has 1 saturated heterocycles. The molecule has 0 amide bonds. The molecule has 2 atom stereocenters. The second kappa shape index (κ2) is 4.63. The minimum atomic E-state index is 0.0138.